The molecule has 2 heteroatoms. The highest BCUT2D eigenvalue weighted by atomic mass is 16.3. The molecule has 1 heterocycles. The number of aromatic nitrogens is 1. The minimum absolute atomic E-state index is 0.203. The van der Waals surface area contributed by atoms with Gasteiger partial charge in [0.2, 0.25) is 0 Å². The van der Waals surface area contributed by atoms with Gasteiger partial charge in [0.25, 0.3) is 0 Å². The first kappa shape index (κ1) is 10.2. The van der Waals surface area contributed by atoms with E-state index in [1.807, 2.05) is 0 Å². The molecule has 0 saturated heterocycles. The third-order valence-electron chi connectivity index (χ3n) is 2.66. The average molecular weight is 203 g/mol. The van der Waals surface area contributed by atoms with Gasteiger partial charge in [0.15, 0.2) is 0 Å². The zero-order chi connectivity index (χ0) is 10.7. The molecule has 0 spiro atoms. The van der Waals surface area contributed by atoms with E-state index < -0.39 is 0 Å². The summed E-state index contributed by atoms with van der Waals surface area (Å²) in [5, 5.41) is 10.1. The van der Waals surface area contributed by atoms with Crippen LogP contribution in [0.5, 0.6) is 0 Å². The second-order valence-electron chi connectivity index (χ2n) is 3.94. The molecule has 1 aromatic carbocycles. The van der Waals surface area contributed by atoms with Gasteiger partial charge in [-0.15, -0.1) is 0 Å². The van der Waals surface area contributed by atoms with Gasteiger partial charge in [-0.3, -0.25) is 0 Å². The standard InChI is InChI=1S/C13H17NO/c1-2-3-10-4-5-13-11(8-10)9-12(14-13)6-7-15/h4-5,8-9,14-15H,2-3,6-7H2,1H3. The Kier molecular flexibility index (Phi) is 3.07. The van der Waals surface area contributed by atoms with Gasteiger partial charge in [0, 0.05) is 24.2 Å². The normalized spacial score (nSPS) is 11.1. The number of benzene rings is 1. The van der Waals surface area contributed by atoms with Crippen molar-refractivity contribution in [3.05, 3.63) is 35.5 Å². The Bertz CT molecular complexity index is 441. The number of nitrogens with one attached hydrogen (secondary N) is 1. The van der Waals surface area contributed by atoms with Gasteiger partial charge in [0.1, 0.15) is 0 Å². The molecule has 0 unspecified atom stereocenters. The smallest absolute Gasteiger partial charge is 0.0485 e. The molecule has 2 rings (SSSR count). The fourth-order valence-corrected chi connectivity index (χ4v) is 1.94. The molecule has 0 radical (unpaired) electrons. The third kappa shape index (κ3) is 2.21. The van der Waals surface area contributed by atoms with Crippen LogP contribution in [0.25, 0.3) is 10.9 Å². The second kappa shape index (κ2) is 4.49. The van der Waals surface area contributed by atoms with Crippen molar-refractivity contribution in [1.29, 1.82) is 0 Å². The van der Waals surface area contributed by atoms with Crippen molar-refractivity contribution < 1.29 is 5.11 Å². The van der Waals surface area contributed by atoms with E-state index in [4.69, 9.17) is 5.11 Å². The Hall–Kier alpha value is -1.28. The Morgan fingerprint density at radius 2 is 2.07 bits per heavy atom. The quantitative estimate of drug-likeness (QED) is 0.787. The van der Waals surface area contributed by atoms with E-state index >= 15 is 0 Å². The lowest BCUT2D eigenvalue weighted by atomic mass is 10.1. The highest BCUT2D eigenvalue weighted by Crippen LogP contribution is 2.18. The van der Waals surface area contributed by atoms with Crippen molar-refractivity contribution in [2.75, 3.05) is 6.61 Å². The fraction of sp³-hybridized carbons (Fsp3) is 0.385. The van der Waals surface area contributed by atoms with Crippen LogP contribution in [0.3, 0.4) is 0 Å². The number of hydrogen-bond donors (Lipinski definition) is 2. The first-order chi connectivity index (χ1) is 7.33. The molecular formula is C13H17NO. The van der Waals surface area contributed by atoms with E-state index in [1.54, 1.807) is 0 Å². The Morgan fingerprint density at radius 3 is 2.80 bits per heavy atom. The van der Waals surface area contributed by atoms with E-state index in [2.05, 4.69) is 36.2 Å². The van der Waals surface area contributed by atoms with E-state index in [1.165, 1.54) is 22.9 Å². The lowest BCUT2D eigenvalue weighted by molar-refractivity contribution is 0.298. The van der Waals surface area contributed by atoms with E-state index in [0.717, 1.165) is 12.1 Å². The summed E-state index contributed by atoms with van der Waals surface area (Å²) < 4.78 is 0. The molecule has 80 valence electrons. The zero-order valence-corrected chi connectivity index (χ0v) is 9.09. The maximum Gasteiger partial charge on any atom is 0.0485 e. The van der Waals surface area contributed by atoms with Crippen molar-refractivity contribution in [3.63, 3.8) is 0 Å². The second-order valence-corrected chi connectivity index (χ2v) is 3.94. The summed E-state index contributed by atoms with van der Waals surface area (Å²) in [4.78, 5) is 3.31. The van der Waals surface area contributed by atoms with Crippen LogP contribution in [0.1, 0.15) is 24.6 Å². The summed E-state index contributed by atoms with van der Waals surface area (Å²) in [6.45, 7) is 2.40. The van der Waals surface area contributed by atoms with Crippen LogP contribution < -0.4 is 0 Å². The summed E-state index contributed by atoms with van der Waals surface area (Å²) in [6.07, 6.45) is 3.02. The van der Waals surface area contributed by atoms with Gasteiger partial charge >= 0.3 is 0 Å². The molecule has 1 aromatic heterocycles. The number of fused-ring (bicyclic) bond motifs is 1. The van der Waals surface area contributed by atoms with E-state index in [-0.39, 0.29) is 6.61 Å². The molecule has 0 atom stereocenters. The minimum Gasteiger partial charge on any atom is -0.396 e. The van der Waals surface area contributed by atoms with Crippen molar-refractivity contribution in [1.82, 2.24) is 4.98 Å². The molecule has 0 bridgehead atoms. The van der Waals surface area contributed by atoms with Crippen LogP contribution >= 0.6 is 0 Å². The Balaban J connectivity index is 2.34. The highest BCUT2D eigenvalue weighted by Gasteiger charge is 2.01. The third-order valence-corrected chi connectivity index (χ3v) is 2.66. The van der Waals surface area contributed by atoms with Crippen LogP contribution in [-0.2, 0) is 12.8 Å². The van der Waals surface area contributed by atoms with Gasteiger partial charge in [-0.25, -0.2) is 0 Å². The summed E-state index contributed by atoms with van der Waals surface area (Å²) in [5.41, 5.74) is 3.67. The molecule has 0 aliphatic rings. The predicted octanol–water partition coefficient (Wildman–Crippen LogP) is 2.66. The van der Waals surface area contributed by atoms with Gasteiger partial charge < -0.3 is 10.1 Å². The SMILES string of the molecule is CCCc1ccc2[nH]c(CCO)cc2c1. The van der Waals surface area contributed by atoms with Crippen molar-refractivity contribution in [2.45, 2.75) is 26.2 Å². The van der Waals surface area contributed by atoms with Crippen molar-refractivity contribution >= 4 is 10.9 Å². The first-order valence-corrected chi connectivity index (χ1v) is 5.55. The molecule has 0 amide bonds. The van der Waals surface area contributed by atoms with Crippen LogP contribution in [0, 0.1) is 0 Å². The minimum atomic E-state index is 0.203. The Morgan fingerprint density at radius 1 is 1.20 bits per heavy atom. The highest BCUT2D eigenvalue weighted by molar-refractivity contribution is 5.81. The number of hydrogen-bond acceptors (Lipinski definition) is 1. The Labute approximate surface area is 89.9 Å². The average Bonchev–Trinajstić information content (AvgIpc) is 2.60. The van der Waals surface area contributed by atoms with Crippen LogP contribution in [-0.4, -0.2) is 16.7 Å². The van der Waals surface area contributed by atoms with Gasteiger partial charge in [-0.2, -0.15) is 0 Å². The number of aromatic amines is 1. The molecule has 2 N–H and O–H groups in total. The van der Waals surface area contributed by atoms with E-state index in [9.17, 15) is 0 Å². The number of aryl methyl sites for hydroxylation is 1. The maximum absolute atomic E-state index is 8.86. The summed E-state index contributed by atoms with van der Waals surface area (Å²) in [7, 11) is 0. The summed E-state index contributed by atoms with van der Waals surface area (Å²) in [6, 6.07) is 8.66. The molecule has 2 nitrogen and oxygen atoms in total. The van der Waals surface area contributed by atoms with Crippen molar-refractivity contribution in [2.24, 2.45) is 0 Å². The fourth-order valence-electron chi connectivity index (χ4n) is 1.94. The zero-order valence-electron chi connectivity index (χ0n) is 9.09. The van der Waals surface area contributed by atoms with E-state index in [0.29, 0.717) is 6.42 Å². The molecule has 0 fully saturated rings. The summed E-state index contributed by atoms with van der Waals surface area (Å²) in [5.74, 6) is 0. The van der Waals surface area contributed by atoms with Crippen LogP contribution in [0.2, 0.25) is 0 Å². The molecule has 0 saturated carbocycles. The largest absolute Gasteiger partial charge is 0.396 e. The van der Waals surface area contributed by atoms with Crippen molar-refractivity contribution in [3.8, 4) is 0 Å². The first-order valence-electron chi connectivity index (χ1n) is 5.55. The maximum atomic E-state index is 8.86. The molecule has 15 heavy (non-hydrogen) atoms. The molecule has 0 aliphatic heterocycles. The number of rotatable bonds is 4. The monoisotopic (exact) mass is 203 g/mol. The number of aliphatic hydroxyl groups is 1. The summed E-state index contributed by atoms with van der Waals surface area (Å²) >= 11 is 0. The lowest BCUT2D eigenvalue weighted by Gasteiger charge is -1.97. The lowest BCUT2D eigenvalue weighted by Crippen LogP contribution is -1.88. The van der Waals surface area contributed by atoms with Crippen LogP contribution in [0.4, 0.5) is 0 Å². The van der Waals surface area contributed by atoms with Gasteiger partial charge in [0.05, 0.1) is 0 Å². The van der Waals surface area contributed by atoms with Gasteiger partial charge in [-0.05, 0) is 35.6 Å². The van der Waals surface area contributed by atoms with Crippen LogP contribution in [0.15, 0.2) is 24.3 Å². The molecule has 0 aliphatic carbocycles. The topological polar surface area (TPSA) is 36.0 Å². The molecule has 2 aromatic rings. The number of H-pyrrole nitrogens is 1. The molecular weight excluding hydrogens is 186 g/mol. The predicted molar refractivity (Wildman–Crippen MR) is 63.1 cm³/mol. The number of aliphatic hydroxyl groups excluding tert-OH is 1. The van der Waals surface area contributed by atoms with Gasteiger partial charge in [-0.1, -0.05) is 19.4 Å².